The van der Waals surface area contributed by atoms with E-state index in [1.165, 1.54) is 4.88 Å². The fraction of sp³-hybridized carbons (Fsp3) is 0.526. The second kappa shape index (κ2) is 14.9. The van der Waals surface area contributed by atoms with Crippen LogP contribution in [-0.2, 0) is 17.7 Å². The number of nitrogens with zero attached hydrogens (tertiary/aromatic N) is 2. The Balaban J connectivity index is 0.00000364. The zero-order valence-corrected chi connectivity index (χ0v) is 19.3. The van der Waals surface area contributed by atoms with Crippen molar-refractivity contribution in [2.75, 3.05) is 46.9 Å². The van der Waals surface area contributed by atoms with Crippen LogP contribution in [0.4, 0.5) is 0 Å². The molecule has 0 saturated carbocycles. The Kier molecular flexibility index (Phi) is 13.2. The minimum Gasteiger partial charge on any atom is -0.469 e. The van der Waals surface area contributed by atoms with Crippen LogP contribution in [0.2, 0.25) is 0 Å². The van der Waals surface area contributed by atoms with Crippen molar-refractivity contribution in [3.8, 4) is 0 Å². The SMILES string of the molecule is COCCCN(C)CCNC(=NCc1cccs1)NCCc1ccco1.I. The summed E-state index contributed by atoms with van der Waals surface area (Å²) >= 11 is 1.73. The first-order valence-corrected chi connectivity index (χ1v) is 9.90. The van der Waals surface area contributed by atoms with Gasteiger partial charge >= 0.3 is 0 Å². The predicted molar refractivity (Wildman–Crippen MR) is 123 cm³/mol. The van der Waals surface area contributed by atoms with Gasteiger partial charge in [0.25, 0.3) is 0 Å². The van der Waals surface area contributed by atoms with Gasteiger partial charge in [-0.2, -0.15) is 0 Å². The van der Waals surface area contributed by atoms with E-state index in [0.29, 0.717) is 6.54 Å². The van der Waals surface area contributed by atoms with Crippen molar-refractivity contribution < 1.29 is 9.15 Å². The lowest BCUT2D eigenvalue weighted by atomic mass is 10.3. The average Bonchev–Trinajstić information content (AvgIpc) is 3.33. The van der Waals surface area contributed by atoms with Gasteiger partial charge in [0.1, 0.15) is 5.76 Å². The maximum Gasteiger partial charge on any atom is 0.191 e. The fourth-order valence-electron chi connectivity index (χ4n) is 2.45. The largest absolute Gasteiger partial charge is 0.469 e. The maximum atomic E-state index is 5.38. The van der Waals surface area contributed by atoms with E-state index in [0.717, 1.165) is 57.3 Å². The number of hydrogen-bond acceptors (Lipinski definition) is 5. The quantitative estimate of drug-likeness (QED) is 0.201. The minimum absolute atomic E-state index is 0. The summed E-state index contributed by atoms with van der Waals surface area (Å²) in [5.41, 5.74) is 0. The smallest absolute Gasteiger partial charge is 0.191 e. The highest BCUT2D eigenvalue weighted by atomic mass is 127. The molecule has 0 bridgehead atoms. The number of methoxy groups -OCH3 is 1. The molecular weight excluding hydrogens is 475 g/mol. The molecule has 0 saturated heterocycles. The number of hydrogen-bond donors (Lipinski definition) is 2. The molecule has 0 radical (unpaired) electrons. The third-order valence-electron chi connectivity index (χ3n) is 3.89. The summed E-state index contributed by atoms with van der Waals surface area (Å²) < 4.78 is 10.5. The molecule has 0 fully saturated rings. The Morgan fingerprint density at radius 2 is 2.07 bits per heavy atom. The summed E-state index contributed by atoms with van der Waals surface area (Å²) in [6, 6.07) is 8.07. The minimum atomic E-state index is 0. The molecule has 2 heterocycles. The summed E-state index contributed by atoms with van der Waals surface area (Å²) in [4.78, 5) is 8.25. The van der Waals surface area contributed by atoms with Gasteiger partial charge in [-0.15, -0.1) is 35.3 Å². The van der Waals surface area contributed by atoms with Crippen LogP contribution in [0.15, 0.2) is 45.3 Å². The van der Waals surface area contributed by atoms with Gasteiger partial charge < -0.3 is 24.7 Å². The van der Waals surface area contributed by atoms with Crippen molar-refractivity contribution in [1.82, 2.24) is 15.5 Å². The molecule has 6 nitrogen and oxygen atoms in total. The monoisotopic (exact) mass is 506 g/mol. The van der Waals surface area contributed by atoms with E-state index in [1.54, 1.807) is 24.7 Å². The summed E-state index contributed by atoms with van der Waals surface area (Å²) in [7, 11) is 3.87. The number of nitrogens with one attached hydrogen (secondary N) is 2. The van der Waals surface area contributed by atoms with Crippen LogP contribution in [0.1, 0.15) is 17.1 Å². The predicted octanol–water partition coefficient (Wildman–Crippen LogP) is 3.21. The van der Waals surface area contributed by atoms with Gasteiger partial charge in [-0.1, -0.05) is 6.07 Å². The number of guanidine groups is 1. The van der Waals surface area contributed by atoms with E-state index in [-0.39, 0.29) is 24.0 Å². The molecule has 2 N–H and O–H groups in total. The molecule has 0 aliphatic heterocycles. The van der Waals surface area contributed by atoms with Crippen LogP contribution in [0.25, 0.3) is 0 Å². The van der Waals surface area contributed by atoms with Crippen LogP contribution in [0.3, 0.4) is 0 Å². The standard InChI is InChI=1S/C19H30N4O2S.HI/c1-23(11-5-13-24-2)12-10-21-19(22-16-18-7-4-15-26-18)20-9-8-17-6-3-14-25-17;/h3-4,6-7,14-15H,5,8-13,16H2,1-2H3,(H2,20,21,22);1H. The summed E-state index contributed by atoms with van der Waals surface area (Å²) in [6.45, 7) is 5.12. The van der Waals surface area contributed by atoms with Crippen LogP contribution in [0, 0.1) is 0 Å². The van der Waals surface area contributed by atoms with Gasteiger partial charge in [0.05, 0.1) is 12.8 Å². The zero-order chi connectivity index (χ0) is 18.5. The molecular formula is C19H31IN4O2S. The van der Waals surface area contributed by atoms with Crippen molar-refractivity contribution in [2.45, 2.75) is 19.4 Å². The number of halogens is 1. The molecule has 0 aliphatic carbocycles. The Labute approximate surface area is 183 Å². The number of aliphatic imine (C=N–C) groups is 1. The first-order valence-electron chi connectivity index (χ1n) is 9.02. The Hall–Kier alpha value is -1.10. The number of thiophene rings is 1. The first kappa shape index (κ1) is 23.9. The highest BCUT2D eigenvalue weighted by Crippen LogP contribution is 2.09. The lowest BCUT2D eigenvalue weighted by Crippen LogP contribution is -2.42. The lowest BCUT2D eigenvalue weighted by molar-refractivity contribution is 0.180. The van der Waals surface area contributed by atoms with Gasteiger partial charge in [0.15, 0.2) is 5.96 Å². The highest BCUT2D eigenvalue weighted by molar-refractivity contribution is 14.0. The average molecular weight is 506 g/mol. The Bertz CT molecular complexity index is 605. The number of rotatable bonds is 12. The fourth-order valence-corrected chi connectivity index (χ4v) is 3.08. The molecule has 2 aromatic heterocycles. The molecule has 0 aromatic carbocycles. The van der Waals surface area contributed by atoms with Crippen molar-refractivity contribution in [1.29, 1.82) is 0 Å². The molecule has 152 valence electrons. The molecule has 2 aromatic rings. The van der Waals surface area contributed by atoms with E-state index < -0.39 is 0 Å². The Morgan fingerprint density at radius 1 is 1.22 bits per heavy atom. The topological polar surface area (TPSA) is 62.0 Å². The van der Waals surface area contributed by atoms with Crippen LogP contribution >= 0.6 is 35.3 Å². The molecule has 0 spiro atoms. The zero-order valence-electron chi connectivity index (χ0n) is 16.1. The van der Waals surface area contributed by atoms with Crippen LogP contribution in [0.5, 0.6) is 0 Å². The van der Waals surface area contributed by atoms with Crippen molar-refractivity contribution in [2.24, 2.45) is 4.99 Å². The highest BCUT2D eigenvalue weighted by Gasteiger charge is 2.03. The summed E-state index contributed by atoms with van der Waals surface area (Å²) in [6.07, 6.45) is 3.59. The third kappa shape index (κ3) is 10.7. The van der Waals surface area contributed by atoms with Gasteiger partial charge in [0, 0.05) is 51.2 Å². The first-order chi connectivity index (χ1) is 12.8. The van der Waals surface area contributed by atoms with Gasteiger partial charge in [-0.25, -0.2) is 4.99 Å². The number of furan rings is 1. The summed E-state index contributed by atoms with van der Waals surface area (Å²) in [5.74, 6) is 1.82. The third-order valence-corrected chi connectivity index (χ3v) is 4.75. The lowest BCUT2D eigenvalue weighted by Gasteiger charge is -2.18. The molecule has 0 unspecified atom stereocenters. The number of likely N-dealkylation sites (N-methyl/N-ethyl adjacent to an activating group) is 1. The van der Waals surface area contributed by atoms with E-state index in [1.807, 2.05) is 12.1 Å². The molecule has 2 rings (SSSR count). The Morgan fingerprint density at radius 3 is 2.78 bits per heavy atom. The van der Waals surface area contributed by atoms with Crippen molar-refractivity contribution >= 4 is 41.3 Å². The van der Waals surface area contributed by atoms with Crippen LogP contribution < -0.4 is 10.6 Å². The van der Waals surface area contributed by atoms with Gasteiger partial charge in [-0.05, 0) is 37.0 Å². The molecule has 0 atom stereocenters. The molecule has 27 heavy (non-hydrogen) atoms. The van der Waals surface area contributed by atoms with Crippen LogP contribution in [-0.4, -0.2) is 57.8 Å². The second-order valence-corrected chi connectivity index (χ2v) is 7.11. The molecule has 0 aliphatic rings. The van der Waals surface area contributed by atoms with Crippen molar-refractivity contribution in [3.63, 3.8) is 0 Å². The van der Waals surface area contributed by atoms with E-state index in [9.17, 15) is 0 Å². The summed E-state index contributed by atoms with van der Waals surface area (Å²) in [5, 5.41) is 8.90. The van der Waals surface area contributed by atoms with E-state index >= 15 is 0 Å². The van der Waals surface area contributed by atoms with Gasteiger partial charge in [0.2, 0.25) is 0 Å². The maximum absolute atomic E-state index is 5.38. The number of ether oxygens (including phenoxy) is 1. The van der Waals surface area contributed by atoms with E-state index in [2.05, 4.69) is 40.1 Å². The normalized spacial score (nSPS) is 11.4. The second-order valence-electron chi connectivity index (χ2n) is 6.08. The van der Waals surface area contributed by atoms with Crippen molar-refractivity contribution in [3.05, 3.63) is 46.5 Å². The van der Waals surface area contributed by atoms with Gasteiger partial charge in [-0.3, -0.25) is 0 Å². The molecule has 8 heteroatoms. The molecule has 0 amide bonds. The van der Waals surface area contributed by atoms with E-state index in [4.69, 9.17) is 14.1 Å².